The Morgan fingerprint density at radius 2 is 1.79 bits per heavy atom. The summed E-state index contributed by atoms with van der Waals surface area (Å²) in [5.74, 6) is -1.59. The van der Waals surface area contributed by atoms with Crippen LogP contribution in [0, 0.1) is 11.3 Å². The van der Waals surface area contributed by atoms with Crippen molar-refractivity contribution >= 4 is 11.7 Å². The fourth-order valence-electron chi connectivity index (χ4n) is 1.66. The molecule has 1 aromatic rings. The monoisotopic (exact) mass is 352 g/mol. The number of benzene rings is 1. The van der Waals surface area contributed by atoms with Gasteiger partial charge >= 0.3 is 18.3 Å². The van der Waals surface area contributed by atoms with Gasteiger partial charge in [-0.05, 0) is 19.1 Å². The van der Waals surface area contributed by atoms with E-state index in [9.17, 15) is 31.1 Å². The van der Waals surface area contributed by atoms with Crippen LogP contribution in [0.1, 0.15) is 12.5 Å². The number of nitrogens with one attached hydrogen (secondary N) is 1. The topological polar surface area (TPSA) is 62.1 Å². The molecule has 0 bridgehead atoms. The van der Waals surface area contributed by atoms with Gasteiger partial charge in [0.2, 0.25) is 0 Å². The lowest BCUT2D eigenvalue weighted by atomic mass is 10.1. The van der Waals surface area contributed by atoms with Gasteiger partial charge in [-0.2, -0.15) is 31.6 Å². The van der Waals surface area contributed by atoms with Crippen LogP contribution >= 0.6 is 0 Å². The van der Waals surface area contributed by atoms with Crippen molar-refractivity contribution in [3.8, 4) is 6.07 Å². The standard InChI is InChI=1S/C14H10F6N2O2/c1-2-24-12(23)8(7-21)11(14(18,19)20)22-10-6-4-3-5-9(10)13(15,16)17/h3-6,22H,2H2,1H3. The number of allylic oxidation sites excluding steroid dienone is 1. The fraction of sp³-hybridized carbons (Fsp3) is 0.286. The van der Waals surface area contributed by atoms with Crippen LogP contribution in [-0.4, -0.2) is 18.8 Å². The van der Waals surface area contributed by atoms with Crippen LogP contribution in [0.4, 0.5) is 32.0 Å². The van der Waals surface area contributed by atoms with E-state index in [1.807, 2.05) is 0 Å². The highest BCUT2D eigenvalue weighted by atomic mass is 19.4. The number of ether oxygens (including phenoxy) is 1. The summed E-state index contributed by atoms with van der Waals surface area (Å²) in [4.78, 5) is 11.5. The molecule has 0 spiro atoms. The predicted molar refractivity (Wildman–Crippen MR) is 70.4 cm³/mol. The number of rotatable bonds is 4. The average Bonchev–Trinajstić information content (AvgIpc) is 2.45. The first-order chi connectivity index (χ1) is 11.0. The molecule has 0 heterocycles. The number of hydrogen-bond acceptors (Lipinski definition) is 4. The first-order valence-electron chi connectivity index (χ1n) is 6.34. The Bertz CT molecular complexity index is 686. The third-order valence-electron chi connectivity index (χ3n) is 2.62. The minimum atomic E-state index is -5.28. The van der Waals surface area contributed by atoms with Crippen molar-refractivity contribution in [1.82, 2.24) is 0 Å². The second-order valence-electron chi connectivity index (χ2n) is 4.25. The van der Waals surface area contributed by atoms with Gasteiger partial charge in [0.15, 0.2) is 5.57 Å². The van der Waals surface area contributed by atoms with E-state index >= 15 is 0 Å². The molecular formula is C14H10F6N2O2. The first-order valence-corrected chi connectivity index (χ1v) is 6.34. The number of nitriles is 1. The largest absolute Gasteiger partial charge is 0.462 e. The van der Waals surface area contributed by atoms with Crippen molar-refractivity contribution in [1.29, 1.82) is 5.26 Å². The molecule has 0 aliphatic carbocycles. The van der Waals surface area contributed by atoms with Crippen LogP contribution in [0.5, 0.6) is 0 Å². The van der Waals surface area contributed by atoms with Crippen molar-refractivity contribution < 1.29 is 35.9 Å². The number of alkyl halides is 6. The van der Waals surface area contributed by atoms with Crippen LogP contribution in [-0.2, 0) is 15.7 Å². The molecule has 0 atom stereocenters. The molecule has 0 aromatic heterocycles. The molecule has 0 aliphatic rings. The molecule has 0 aliphatic heterocycles. The highest BCUT2D eigenvalue weighted by Gasteiger charge is 2.41. The number of esters is 1. The summed E-state index contributed by atoms with van der Waals surface area (Å²) in [6, 6.07) is 4.38. The molecule has 1 N–H and O–H groups in total. The number of anilines is 1. The minimum absolute atomic E-state index is 0.311. The van der Waals surface area contributed by atoms with E-state index in [0.29, 0.717) is 6.07 Å². The highest BCUT2D eigenvalue weighted by molar-refractivity contribution is 5.94. The molecule has 130 valence electrons. The van der Waals surface area contributed by atoms with Gasteiger partial charge in [0.05, 0.1) is 17.9 Å². The van der Waals surface area contributed by atoms with Crippen LogP contribution in [0.2, 0.25) is 0 Å². The SMILES string of the molecule is CCOC(=O)C(C#N)=C(Nc1ccccc1C(F)(F)F)C(F)(F)F. The number of carbonyl (C=O) groups is 1. The molecule has 24 heavy (non-hydrogen) atoms. The van der Waals surface area contributed by atoms with Gasteiger partial charge in [0, 0.05) is 0 Å². The maximum absolute atomic E-state index is 13.1. The zero-order valence-electron chi connectivity index (χ0n) is 12.0. The van der Waals surface area contributed by atoms with E-state index < -0.39 is 40.8 Å². The Morgan fingerprint density at radius 1 is 1.21 bits per heavy atom. The number of carbonyl (C=O) groups excluding carboxylic acids is 1. The molecule has 1 aromatic carbocycles. The Labute approximate surface area is 132 Å². The minimum Gasteiger partial charge on any atom is -0.462 e. The molecule has 4 nitrogen and oxygen atoms in total. The lowest BCUT2D eigenvalue weighted by molar-refractivity contribution is -0.139. The summed E-state index contributed by atoms with van der Waals surface area (Å²) in [5.41, 5.74) is -5.73. The summed E-state index contributed by atoms with van der Waals surface area (Å²) in [6.45, 7) is 0.987. The van der Waals surface area contributed by atoms with E-state index in [1.165, 1.54) is 12.2 Å². The molecule has 1 rings (SSSR count). The van der Waals surface area contributed by atoms with Gasteiger partial charge < -0.3 is 10.1 Å². The number of nitrogens with zero attached hydrogens (tertiary/aromatic N) is 1. The van der Waals surface area contributed by atoms with Crippen molar-refractivity contribution in [2.75, 3.05) is 11.9 Å². The van der Waals surface area contributed by atoms with Crippen LogP contribution in [0.3, 0.4) is 0 Å². The Hall–Kier alpha value is -2.70. The van der Waals surface area contributed by atoms with E-state index in [0.717, 1.165) is 24.3 Å². The van der Waals surface area contributed by atoms with E-state index in [1.54, 1.807) is 0 Å². The van der Waals surface area contributed by atoms with E-state index in [-0.39, 0.29) is 6.61 Å². The third kappa shape index (κ3) is 4.65. The van der Waals surface area contributed by atoms with E-state index in [2.05, 4.69) is 4.74 Å². The Morgan fingerprint density at radius 3 is 2.25 bits per heavy atom. The third-order valence-corrected chi connectivity index (χ3v) is 2.62. The second-order valence-corrected chi connectivity index (χ2v) is 4.25. The fourth-order valence-corrected chi connectivity index (χ4v) is 1.66. The molecule has 0 fully saturated rings. The first kappa shape index (κ1) is 19.3. The molecule has 0 saturated carbocycles. The van der Waals surface area contributed by atoms with Crippen molar-refractivity contribution in [2.45, 2.75) is 19.3 Å². The molecule has 10 heteroatoms. The van der Waals surface area contributed by atoms with Crippen molar-refractivity contribution in [3.63, 3.8) is 0 Å². The molecule has 0 amide bonds. The predicted octanol–water partition coefficient (Wildman–Crippen LogP) is 4.02. The summed E-state index contributed by atoms with van der Waals surface area (Å²) < 4.78 is 82.2. The Kier molecular flexibility index (Phi) is 5.84. The van der Waals surface area contributed by atoms with Gasteiger partial charge in [-0.3, -0.25) is 0 Å². The maximum atomic E-state index is 13.1. The van der Waals surface area contributed by atoms with Crippen molar-refractivity contribution in [2.24, 2.45) is 0 Å². The zero-order valence-corrected chi connectivity index (χ0v) is 12.0. The van der Waals surface area contributed by atoms with Gasteiger partial charge in [-0.15, -0.1) is 0 Å². The zero-order chi connectivity index (χ0) is 18.5. The van der Waals surface area contributed by atoms with Gasteiger partial charge in [0.1, 0.15) is 11.8 Å². The Balaban J connectivity index is 3.48. The van der Waals surface area contributed by atoms with Crippen LogP contribution in [0.25, 0.3) is 0 Å². The molecule has 0 saturated heterocycles. The van der Waals surface area contributed by atoms with Gasteiger partial charge in [-0.1, -0.05) is 12.1 Å². The van der Waals surface area contributed by atoms with Crippen LogP contribution in [0.15, 0.2) is 35.5 Å². The van der Waals surface area contributed by atoms with E-state index in [4.69, 9.17) is 5.26 Å². The highest BCUT2D eigenvalue weighted by Crippen LogP contribution is 2.37. The lowest BCUT2D eigenvalue weighted by Gasteiger charge is -2.19. The summed E-state index contributed by atoms with van der Waals surface area (Å²) >= 11 is 0. The number of halogens is 6. The number of para-hydroxylation sites is 1. The summed E-state index contributed by atoms with van der Waals surface area (Å²) in [6.07, 6.45) is -10.2. The quantitative estimate of drug-likeness (QED) is 0.385. The molecular weight excluding hydrogens is 342 g/mol. The summed E-state index contributed by atoms with van der Waals surface area (Å²) in [5, 5.41) is 10.3. The van der Waals surface area contributed by atoms with Crippen molar-refractivity contribution in [3.05, 3.63) is 41.1 Å². The molecule has 0 radical (unpaired) electrons. The number of hydrogen-bond donors (Lipinski definition) is 1. The lowest BCUT2D eigenvalue weighted by Crippen LogP contribution is -2.25. The average molecular weight is 352 g/mol. The maximum Gasteiger partial charge on any atom is 0.432 e. The van der Waals surface area contributed by atoms with Gasteiger partial charge in [0.25, 0.3) is 0 Å². The second kappa shape index (κ2) is 7.25. The normalized spacial score (nSPS) is 12.9. The van der Waals surface area contributed by atoms with Crippen LogP contribution < -0.4 is 5.32 Å². The molecule has 0 unspecified atom stereocenters. The summed E-state index contributed by atoms with van der Waals surface area (Å²) in [7, 11) is 0. The smallest absolute Gasteiger partial charge is 0.432 e. The van der Waals surface area contributed by atoms with Gasteiger partial charge in [-0.25, -0.2) is 4.79 Å².